The first kappa shape index (κ1) is 20.3. The van der Waals surface area contributed by atoms with Crippen molar-refractivity contribution in [3.05, 3.63) is 65.6 Å². The number of hydrogen-bond donors (Lipinski definition) is 1. The molecule has 6 nitrogen and oxygen atoms in total. The topological polar surface area (TPSA) is 61.4 Å². The average molecular weight is 426 g/mol. The molecule has 30 heavy (non-hydrogen) atoms. The number of carbonyl (C=O) groups is 1. The number of aromatic nitrogens is 2. The summed E-state index contributed by atoms with van der Waals surface area (Å²) < 4.78 is 14.0. The van der Waals surface area contributed by atoms with E-state index < -0.39 is 0 Å². The number of amides is 1. The molecule has 1 amide bonds. The Bertz CT molecular complexity index is 997. The Labute approximate surface area is 179 Å². The van der Waals surface area contributed by atoms with Crippen LogP contribution >= 0.6 is 11.3 Å². The minimum absolute atomic E-state index is 0.0330. The van der Waals surface area contributed by atoms with Crippen LogP contribution in [0.5, 0.6) is 0 Å². The Kier molecular flexibility index (Phi) is 6.23. The summed E-state index contributed by atoms with van der Waals surface area (Å²) >= 11 is 1.51. The maximum Gasteiger partial charge on any atom is 0.224 e. The third-order valence-electron chi connectivity index (χ3n) is 5.28. The van der Waals surface area contributed by atoms with Gasteiger partial charge in [0.15, 0.2) is 5.13 Å². The van der Waals surface area contributed by atoms with Crippen LogP contribution in [0, 0.1) is 5.82 Å². The van der Waals surface area contributed by atoms with E-state index in [1.807, 2.05) is 35.5 Å². The van der Waals surface area contributed by atoms with Crippen LogP contribution in [-0.2, 0) is 4.79 Å². The van der Waals surface area contributed by atoms with Gasteiger partial charge in [0.2, 0.25) is 5.91 Å². The fourth-order valence-electron chi connectivity index (χ4n) is 3.76. The van der Waals surface area contributed by atoms with Gasteiger partial charge in [0.05, 0.1) is 17.4 Å². The van der Waals surface area contributed by atoms with Gasteiger partial charge in [-0.25, -0.2) is 14.4 Å². The summed E-state index contributed by atoms with van der Waals surface area (Å²) in [7, 11) is 1.81. The SMILES string of the molecule is CN(CCC(=O)N1CCC[C@H]1c1cccc(Nc2nccs2)n1)c1ccccc1F. The zero-order valence-corrected chi connectivity index (χ0v) is 17.6. The zero-order valence-electron chi connectivity index (χ0n) is 16.8. The molecule has 0 unspecified atom stereocenters. The molecule has 156 valence electrons. The second-order valence-electron chi connectivity index (χ2n) is 7.28. The van der Waals surface area contributed by atoms with E-state index in [-0.39, 0.29) is 17.8 Å². The number of nitrogens with zero attached hydrogens (tertiary/aromatic N) is 4. The lowest BCUT2D eigenvalue weighted by molar-refractivity contribution is -0.132. The molecule has 1 saturated heterocycles. The Morgan fingerprint density at radius 1 is 1.30 bits per heavy atom. The molecule has 1 fully saturated rings. The summed E-state index contributed by atoms with van der Waals surface area (Å²) in [6.45, 7) is 1.18. The van der Waals surface area contributed by atoms with E-state index in [2.05, 4.69) is 10.3 Å². The van der Waals surface area contributed by atoms with Crippen molar-refractivity contribution < 1.29 is 9.18 Å². The lowest BCUT2D eigenvalue weighted by atomic mass is 10.1. The van der Waals surface area contributed by atoms with Crippen LogP contribution in [0.3, 0.4) is 0 Å². The predicted octanol–water partition coefficient (Wildman–Crippen LogP) is 4.61. The van der Waals surface area contributed by atoms with Gasteiger partial charge < -0.3 is 15.1 Å². The van der Waals surface area contributed by atoms with E-state index in [0.717, 1.165) is 36.0 Å². The quantitative estimate of drug-likeness (QED) is 0.599. The molecule has 0 bridgehead atoms. The first-order chi connectivity index (χ1) is 14.6. The van der Waals surface area contributed by atoms with Gasteiger partial charge in [0.1, 0.15) is 11.6 Å². The molecule has 1 aromatic carbocycles. The zero-order chi connectivity index (χ0) is 20.9. The van der Waals surface area contributed by atoms with Crippen molar-refractivity contribution in [2.75, 3.05) is 30.4 Å². The third-order valence-corrected chi connectivity index (χ3v) is 5.97. The van der Waals surface area contributed by atoms with E-state index in [1.54, 1.807) is 29.3 Å². The van der Waals surface area contributed by atoms with E-state index >= 15 is 0 Å². The highest BCUT2D eigenvalue weighted by Gasteiger charge is 2.31. The van der Waals surface area contributed by atoms with E-state index in [1.165, 1.54) is 17.4 Å². The second-order valence-corrected chi connectivity index (χ2v) is 8.17. The summed E-state index contributed by atoms with van der Waals surface area (Å²) in [6, 6.07) is 12.4. The first-order valence-corrected chi connectivity index (χ1v) is 10.9. The summed E-state index contributed by atoms with van der Waals surface area (Å²) in [6.07, 6.45) is 3.92. The fourth-order valence-corrected chi connectivity index (χ4v) is 4.30. The summed E-state index contributed by atoms with van der Waals surface area (Å²) in [5.41, 5.74) is 1.38. The summed E-state index contributed by atoms with van der Waals surface area (Å²) in [5, 5.41) is 5.90. The highest BCUT2D eigenvalue weighted by atomic mass is 32.1. The standard InChI is InChI=1S/C22H24FN5OS/c1-27(18-8-3-2-6-16(18)23)14-11-21(29)28-13-5-9-19(28)17-7-4-10-20(25-17)26-22-24-12-15-30-22/h2-4,6-8,10,12,15,19H,5,9,11,13-14H2,1H3,(H,24,25,26)/t19-/m0/s1. The summed E-state index contributed by atoms with van der Waals surface area (Å²) in [4.78, 5) is 25.6. The summed E-state index contributed by atoms with van der Waals surface area (Å²) in [5.74, 6) is 0.516. The molecule has 4 rings (SSSR count). The number of hydrogen-bond acceptors (Lipinski definition) is 6. The lowest BCUT2D eigenvalue weighted by Crippen LogP contribution is -2.33. The number of likely N-dealkylation sites (tertiary alicyclic amines) is 1. The van der Waals surface area contributed by atoms with Gasteiger partial charge in [-0.1, -0.05) is 18.2 Å². The average Bonchev–Trinajstić information content (AvgIpc) is 3.44. The number of nitrogens with one attached hydrogen (secondary N) is 1. The van der Waals surface area contributed by atoms with Crippen LogP contribution < -0.4 is 10.2 Å². The van der Waals surface area contributed by atoms with Crippen molar-refractivity contribution in [2.24, 2.45) is 0 Å². The van der Waals surface area contributed by atoms with Gasteiger partial charge in [0, 0.05) is 38.1 Å². The van der Waals surface area contributed by atoms with Gasteiger partial charge in [0.25, 0.3) is 0 Å². The van der Waals surface area contributed by atoms with Gasteiger partial charge in [-0.2, -0.15) is 0 Å². The van der Waals surface area contributed by atoms with Crippen molar-refractivity contribution >= 4 is 33.9 Å². The van der Waals surface area contributed by atoms with Gasteiger partial charge in [-0.3, -0.25) is 4.79 Å². The number of carbonyl (C=O) groups excluding carboxylic acids is 1. The molecule has 3 aromatic rings. The Balaban J connectivity index is 1.41. The predicted molar refractivity (Wildman–Crippen MR) is 118 cm³/mol. The normalized spacial score (nSPS) is 15.9. The number of halogens is 1. The molecule has 3 heterocycles. The lowest BCUT2D eigenvalue weighted by Gasteiger charge is -2.26. The second kappa shape index (κ2) is 9.21. The number of thiazole rings is 1. The van der Waals surface area contributed by atoms with Gasteiger partial charge in [-0.05, 0) is 37.1 Å². The first-order valence-electron chi connectivity index (χ1n) is 10.0. The van der Waals surface area contributed by atoms with Crippen LogP contribution in [-0.4, -0.2) is 40.9 Å². The maximum absolute atomic E-state index is 14.0. The van der Waals surface area contributed by atoms with Crippen LogP contribution in [0.15, 0.2) is 54.0 Å². The third kappa shape index (κ3) is 4.59. The van der Waals surface area contributed by atoms with Crippen LogP contribution in [0.4, 0.5) is 21.0 Å². The molecule has 0 aliphatic carbocycles. The molecule has 1 aliphatic heterocycles. The fraction of sp³-hybridized carbons (Fsp3) is 0.318. The van der Waals surface area contributed by atoms with Crippen molar-refractivity contribution in [1.82, 2.24) is 14.9 Å². The molecule has 1 aliphatic rings. The van der Waals surface area contributed by atoms with Crippen LogP contribution in [0.2, 0.25) is 0 Å². The molecule has 0 saturated carbocycles. The molecule has 1 N–H and O–H groups in total. The van der Waals surface area contributed by atoms with Crippen molar-refractivity contribution in [3.8, 4) is 0 Å². The molecular weight excluding hydrogens is 401 g/mol. The molecule has 0 spiro atoms. The molecule has 0 radical (unpaired) electrons. The van der Waals surface area contributed by atoms with Crippen molar-refractivity contribution in [3.63, 3.8) is 0 Å². The molecule has 1 atom stereocenters. The molecule has 2 aromatic heterocycles. The number of rotatable bonds is 7. The Morgan fingerprint density at radius 3 is 2.97 bits per heavy atom. The highest BCUT2D eigenvalue weighted by molar-refractivity contribution is 7.13. The van der Waals surface area contributed by atoms with E-state index in [9.17, 15) is 9.18 Å². The largest absolute Gasteiger partial charge is 0.372 e. The number of benzene rings is 1. The van der Waals surface area contributed by atoms with Crippen molar-refractivity contribution in [2.45, 2.75) is 25.3 Å². The minimum atomic E-state index is -0.278. The monoisotopic (exact) mass is 425 g/mol. The maximum atomic E-state index is 14.0. The van der Waals surface area contributed by atoms with Crippen LogP contribution in [0.25, 0.3) is 0 Å². The molecule has 8 heteroatoms. The van der Waals surface area contributed by atoms with Crippen LogP contribution in [0.1, 0.15) is 31.0 Å². The Morgan fingerprint density at radius 2 is 2.17 bits per heavy atom. The Hall–Kier alpha value is -3.00. The number of para-hydroxylation sites is 1. The number of pyridine rings is 1. The highest BCUT2D eigenvalue weighted by Crippen LogP contribution is 2.32. The van der Waals surface area contributed by atoms with Gasteiger partial charge >= 0.3 is 0 Å². The van der Waals surface area contributed by atoms with Gasteiger partial charge in [-0.15, -0.1) is 11.3 Å². The van der Waals surface area contributed by atoms with Crippen molar-refractivity contribution in [1.29, 1.82) is 0 Å². The van der Waals surface area contributed by atoms with E-state index in [4.69, 9.17) is 4.98 Å². The number of anilines is 3. The van der Waals surface area contributed by atoms with E-state index in [0.29, 0.717) is 18.7 Å². The molecular formula is C22H24FN5OS. The smallest absolute Gasteiger partial charge is 0.224 e. The minimum Gasteiger partial charge on any atom is -0.372 e.